The highest BCUT2D eigenvalue weighted by Gasteiger charge is 2.23. The highest BCUT2D eigenvalue weighted by molar-refractivity contribution is 5.78. The van der Waals surface area contributed by atoms with Crippen LogP contribution in [0, 0.1) is 5.92 Å². The molecule has 1 N–H and O–H groups in total. The van der Waals surface area contributed by atoms with Crippen LogP contribution < -0.4 is 10.1 Å². The zero-order chi connectivity index (χ0) is 13.1. The molecule has 18 heavy (non-hydrogen) atoms. The number of carbonyl (C=O) groups is 1. The van der Waals surface area contributed by atoms with E-state index in [1.807, 2.05) is 26.0 Å². The molecule has 0 spiro atoms. The van der Waals surface area contributed by atoms with E-state index in [9.17, 15) is 4.79 Å². The molecule has 1 aliphatic carbocycles. The summed E-state index contributed by atoms with van der Waals surface area (Å²) in [6.07, 6.45) is 2.89. The largest absolute Gasteiger partial charge is 0.496 e. The third-order valence-corrected chi connectivity index (χ3v) is 3.53. The van der Waals surface area contributed by atoms with Crippen molar-refractivity contribution in [1.82, 2.24) is 5.32 Å². The van der Waals surface area contributed by atoms with Crippen LogP contribution in [0.5, 0.6) is 5.75 Å². The lowest BCUT2D eigenvalue weighted by atomic mass is 9.87. The number of ether oxygens (including phenoxy) is 1. The molecule has 3 nitrogen and oxygen atoms in total. The Morgan fingerprint density at radius 2 is 2.22 bits per heavy atom. The lowest BCUT2D eigenvalue weighted by molar-refractivity contribution is -0.124. The van der Waals surface area contributed by atoms with Gasteiger partial charge in [0.25, 0.3) is 0 Å². The van der Waals surface area contributed by atoms with Crippen LogP contribution in [0.25, 0.3) is 0 Å². The summed E-state index contributed by atoms with van der Waals surface area (Å²) in [4.78, 5) is 11.7. The average molecular weight is 247 g/mol. The molecule has 1 atom stereocenters. The SMILES string of the molecule is COc1cccc2c1C[C@@H](NC(=O)C(C)C)CC2. The summed E-state index contributed by atoms with van der Waals surface area (Å²) < 4.78 is 5.40. The van der Waals surface area contributed by atoms with Gasteiger partial charge in [0.15, 0.2) is 0 Å². The first-order chi connectivity index (χ1) is 8.61. The van der Waals surface area contributed by atoms with Crippen molar-refractivity contribution in [2.45, 2.75) is 39.2 Å². The molecule has 1 aromatic carbocycles. The second kappa shape index (κ2) is 5.42. The van der Waals surface area contributed by atoms with Crippen LogP contribution in [0.1, 0.15) is 31.4 Å². The van der Waals surface area contributed by atoms with Gasteiger partial charge in [-0.15, -0.1) is 0 Å². The molecule has 0 aliphatic heterocycles. The predicted octanol–water partition coefficient (Wildman–Crippen LogP) is 2.32. The van der Waals surface area contributed by atoms with Crippen LogP contribution in [0.15, 0.2) is 18.2 Å². The summed E-state index contributed by atoms with van der Waals surface area (Å²) in [5.74, 6) is 1.12. The number of carbonyl (C=O) groups excluding carboxylic acids is 1. The van der Waals surface area contributed by atoms with Gasteiger partial charge in [0.05, 0.1) is 7.11 Å². The molecule has 1 aromatic rings. The van der Waals surface area contributed by atoms with E-state index in [1.54, 1.807) is 7.11 Å². The Morgan fingerprint density at radius 1 is 1.44 bits per heavy atom. The van der Waals surface area contributed by atoms with E-state index in [4.69, 9.17) is 4.74 Å². The Kier molecular flexibility index (Phi) is 3.90. The van der Waals surface area contributed by atoms with Crippen molar-refractivity contribution in [1.29, 1.82) is 0 Å². The fourth-order valence-electron chi connectivity index (χ4n) is 2.44. The van der Waals surface area contributed by atoms with Crippen LogP contribution in [-0.2, 0) is 17.6 Å². The average Bonchev–Trinajstić information content (AvgIpc) is 2.37. The number of benzene rings is 1. The van der Waals surface area contributed by atoms with Crippen LogP contribution in [-0.4, -0.2) is 19.1 Å². The van der Waals surface area contributed by atoms with Gasteiger partial charge in [-0.2, -0.15) is 0 Å². The van der Waals surface area contributed by atoms with Crippen molar-refractivity contribution in [2.75, 3.05) is 7.11 Å². The summed E-state index contributed by atoms with van der Waals surface area (Å²) in [7, 11) is 1.70. The van der Waals surface area contributed by atoms with Gasteiger partial charge in [0.2, 0.25) is 5.91 Å². The lowest BCUT2D eigenvalue weighted by Gasteiger charge is -2.27. The molecule has 0 aromatic heterocycles. The zero-order valence-corrected chi connectivity index (χ0v) is 11.3. The molecular weight excluding hydrogens is 226 g/mol. The molecule has 0 saturated heterocycles. The molecule has 1 aliphatic rings. The molecule has 2 rings (SSSR count). The quantitative estimate of drug-likeness (QED) is 0.890. The third-order valence-electron chi connectivity index (χ3n) is 3.53. The summed E-state index contributed by atoms with van der Waals surface area (Å²) >= 11 is 0. The van der Waals surface area contributed by atoms with Crippen molar-refractivity contribution < 1.29 is 9.53 Å². The second-order valence-electron chi connectivity index (χ2n) is 5.20. The fraction of sp³-hybridized carbons (Fsp3) is 0.533. The van der Waals surface area contributed by atoms with E-state index in [2.05, 4.69) is 11.4 Å². The Bertz CT molecular complexity index is 426. The van der Waals surface area contributed by atoms with E-state index < -0.39 is 0 Å². The van der Waals surface area contributed by atoms with Gasteiger partial charge in [0.1, 0.15) is 5.75 Å². The van der Waals surface area contributed by atoms with Gasteiger partial charge in [0, 0.05) is 12.0 Å². The summed E-state index contributed by atoms with van der Waals surface area (Å²) in [6.45, 7) is 3.85. The van der Waals surface area contributed by atoms with Gasteiger partial charge in [-0.05, 0) is 36.5 Å². The number of fused-ring (bicyclic) bond motifs is 1. The van der Waals surface area contributed by atoms with Gasteiger partial charge < -0.3 is 10.1 Å². The third kappa shape index (κ3) is 2.66. The topological polar surface area (TPSA) is 38.3 Å². The normalized spacial score (nSPS) is 18.3. The minimum Gasteiger partial charge on any atom is -0.496 e. The second-order valence-corrected chi connectivity index (χ2v) is 5.20. The van der Waals surface area contributed by atoms with E-state index in [1.165, 1.54) is 11.1 Å². The molecule has 0 saturated carbocycles. The summed E-state index contributed by atoms with van der Waals surface area (Å²) in [5, 5.41) is 3.12. The van der Waals surface area contributed by atoms with Crippen molar-refractivity contribution in [2.24, 2.45) is 5.92 Å². The van der Waals surface area contributed by atoms with Crippen molar-refractivity contribution >= 4 is 5.91 Å². The van der Waals surface area contributed by atoms with Crippen LogP contribution in [0.2, 0.25) is 0 Å². The van der Waals surface area contributed by atoms with Crippen molar-refractivity contribution in [3.05, 3.63) is 29.3 Å². The van der Waals surface area contributed by atoms with Gasteiger partial charge in [-0.1, -0.05) is 26.0 Å². The van der Waals surface area contributed by atoms with Crippen LogP contribution >= 0.6 is 0 Å². The van der Waals surface area contributed by atoms with E-state index in [0.717, 1.165) is 25.0 Å². The molecule has 3 heteroatoms. The Balaban J connectivity index is 2.11. The highest BCUT2D eigenvalue weighted by atomic mass is 16.5. The lowest BCUT2D eigenvalue weighted by Crippen LogP contribution is -2.40. The summed E-state index contributed by atoms with van der Waals surface area (Å²) in [5.41, 5.74) is 2.60. The van der Waals surface area contributed by atoms with Crippen molar-refractivity contribution in [3.8, 4) is 5.75 Å². The number of methoxy groups -OCH3 is 1. The first-order valence-electron chi connectivity index (χ1n) is 6.57. The van der Waals surface area contributed by atoms with Gasteiger partial charge >= 0.3 is 0 Å². The van der Waals surface area contributed by atoms with E-state index >= 15 is 0 Å². The maximum Gasteiger partial charge on any atom is 0.222 e. The number of rotatable bonds is 3. The smallest absolute Gasteiger partial charge is 0.222 e. The molecule has 0 radical (unpaired) electrons. The maximum absolute atomic E-state index is 11.7. The molecule has 0 heterocycles. The molecule has 0 fully saturated rings. The minimum absolute atomic E-state index is 0.0454. The number of nitrogens with one attached hydrogen (secondary N) is 1. The number of hydrogen-bond donors (Lipinski definition) is 1. The minimum atomic E-state index is 0.0454. The molecular formula is C15H21NO2. The monoisotopic (exact) mass is 247 g/mol. The maximum atomic E-state index is 11.7. The Hall–Kier alpha value is -1.51. The number of amides is 1. The summed E-state index contributed by atoms with van der Waals surface area (Å²) in [6, 6.07) is 6.41. The van der Waals surface area contributed by atoms with Crippen molar-refractivity contribution in [3.63, 3.8) is 0 Å². The number of hydrogen-bond acceptors (Lipinski definition) is 2. The highest BCUT2D eigenvalue weighted by Crippen LogP contribution is 2.29. The van der Waals surface area contributed by atoms with Gasteiger partial charge in [-0.25, -0.2) is 0 Å². The first kappa shape index (κ1) is 12.9. The fourth-order valence-corrected chi connectivity index (χ4v) is 2.44. The van der Waals surface area contributed by atoms with E-state index in [0.29, 0.717) is 0 Å². The van der Waals surface area contributed by atoms with E-state index in [-0.39, 0.29) is 17.9 Å². The van der Waals surface area contributed by atoms with Gasteiger partial charge in [-0.3, -0.25) is 4.79 Å². The zero-order valence-electron chi connectivity index (χ0n) is 11.3. The molecule has 1 amide bonds. The Morgan fingerprint density at radius 3 is 2.89 bits per heavy atom. The van der Waals surface area contributed by atoms with Crippen LogP contribution in [0.3, 0.4) is 0 Å². The van der Waals surface area contributed by atoms with Crippen LogP contribution in [0.4, 0.5) is 0 Å². The Labute approximate surface area is 109 Å². The predicted molar refractivity (Wildman–Crippen MR) is 71.8 cm³/mol. The standard InChI is InChI=1S/C15H21NO2/c1-10(2)15(17)16-12-8-7-11-5-4-6-14(18-3)13(11)9-12/h4-6,10,12H,7-9H2,1-3H3,(H,16,17)/t12-/m0/s1. The number of aryl methyl sites for hydroxylation is 1. The first-order valence-corrected chi connectivity index (χ1v) is 6.57. The molecule has 0 bridgehead atoms. The molecule has 0 unspecified atom stereocenters. The molecule has 98 valence electrons.